The van der Waals surface area contributed by atoms with Gasteiger partial charge in [0.15, 0.2) is 5.92 Å². The first-order chi connectivity index (χ1) is 11.4. The minimum absolute atomic E-state index is 0.0121. The topological polar surface area (TPSA) is 52.6 Å². The van der Waals surface area contributed by atoms with E-state index in [2.05, 4.69) is 0 Å². The second-order valence-electron chi connectivity index (χ2n) is 6.75. The van der Waals surface area contributed by atoms with Crippen LogP contribution >= 0.6 is 11.8 Å². The van der Waals surface area contributed by atoms with Crippen molar-refractivity contribution in [2.45, 2.75) is 55.5 Å². The fourth-order valence-electron chi connectivity index (χ4n) is 3.43. The van der Waals surface area contributed by atoms with Gasteiger partial charge in [-0.05, 0) is 30.9 Å². The van der Waals surface area contributed by atoms with Gasteiger partial charge in [0.1, 0.15) is 5.82 Å². The van der Waals surface area contributed by atoms with Crippen LogP contribution in [0.2, 0.25) is 0 Å². The molecule has 6 heteroatoms. The van der Waals surface area contributed by atoms with Crippen LogP contribution in [0.1, 0.15) is 39.5 Å². The fourth-order valence-corrected chi connectivity index (χ4v) is 4.85. The Morgan fingerprint density at radius 2 is 1.71 bits per heavy atom. The molecule has 3 rings (SSSR count). The van der Waals surface area contributed by atoms with Gasteiger partial charge in [-0.15, -0.1) is 11.8 Å². The van der Waals surface area contributed by atoms with E-state index in [0.717, 1.165) is 25.7 Å². The number of halogens is 1. The second-order valence-corrected chi connectivity index (χ2v) is 8.04. The summed E-state index contributed by atoms with van der Waals surface area (Å²) in [5.41, 5.74) is 0. The van der Waals surface area contributed by atoms with Crippen LogP contribution in [-0.4, -0.2) is 23.0 Å². The average molecular weight is 352 g/mol. The van der Waals surface area contributed by atoms with E-state index in [1.807, 2.05) is 0 Å². The van der Waals surface area contributed by atoms with Gasteiger partial charge in [-0.2, -0.15) is 0 Å². The molecule has 0 aromatic heterocycles. The van der Waals surface area contributed by atoms with Crippen LogP contribution in [0.3, 0.4) is 0 Å². The van der Waals surface area contributed by atoms with Gasteiger partial charge in [0.25, 0.3) is 5.79 Å². The monoisotopic (exact) mass is 352 g/mol. The van der Waals surface area contributed by atoms with Gasteiger partial charge in [0, 0.05) is 24.0 Å². The van der Waals surface area contributed by atoms with E-state index in [9.17, 15) is 14.0 Å². The summed E-state index contributed by atoms with van der Waals surface area (Å²) in [5, 5.41) is -0.0121. The molecule has 4 nitrogen and oxygen atoms in total. The van der Waals surface area contributed by atoms with Crippen molar-refractivity contribution in [3.05, 3.63) is 30.1 Å². The Bertz CT molecular complexity index is 626. The van der Waals surface area contributed by atoms with Gasteiger partial charge in [-0.1, -0.05) is 25.0 Å². The standard InChI is InChI=1S/C18H21FO4S/c1-18(2)22-16(20)15(17(21)23-18)11-7-3-5-9-13(11)24-14-10-6-4-8-12(14)19/h4,6,8,10-11,13,15H,3,5,7,9H2,1-2H3/t11-,13-/m0/s1. The summed E-state index contributed by atoms with van der Waals surface area (Å²) in [4.78, 5) is 25.3. The first-order valence-corrected chi connectivity index (χ1v) is 9.12. The Morgan fingerprint density at radius 3 is 2.38 bits per heavy atom. The summed E-state index contributed by atoms with van der Waals surface area (Å²) < 4.78 is 24.5. The number of thioether (sulfide) groups is 1. The first-order valence-electron chi connectivity index (χ1n) is 8.24. The SMILES string of the molecule is CC1(C)OC(=O)C([C@H]2CCCC[C@@H]2Sc2ccccc2F)C(=O)O1. The lowest BCUT2D eigenvalue weighted by Crippen LogP contribution is -2.50. The van der Waals surface area contributed by atoms with Crippen molar-refractivity contribution in [3.63, 3.8) is 0 Å². The van der Waals surface area contributed by atoms with Crippen LogP contribution in [0.15, 0.2) is 29.2 Å². The van der Waals surface area contributed by atoms with Gasteiger partial charge < -0.3 is 9.47 Å². The van der Waals surface area contributed by atoms with Crippen molar-refractivity contribution in [2.24, 2.45) is 11.8 Å². The molecule has 0 bridgehead atoms. The summed E-state index contributed by atoms with van der Waals surface area (Å²) in [5.74, 6) is -3.65. The Balaban J connectivity index is 1.81. The molecule has 130 valence electrons. The molecule has 1 aromatic rings. The van der Waals surface area contributed by atoms with Crippen LogP contribution in [0.4, 0.5) is 4.39 Å². The number of cyclic esters (lactones) is 2. The summed E-state index contributed by atoms with van der Waals surface area (Å²) >= 11 is 1.41. The molecule has 1 aromatic carbocycles. The van der Waals surface area contributed by atoms with E-state index in [4.69, 9.17) is 9.47 Å². The number of esters is 2. The van der Waals surface area contributed by atoms with E-state index in [-0.39, 0.29) is 17.0 Å². The van der Waals surface area contributed by atoms with Crippen LogP contribution in [0.5, 0.6) is 0 Å². The minimum atomic E-state index is -1.21. The zero-order valence-electron chi connectivity index (χ0n) is 13.8. The number of carbonyl (C=O) groups excluding carboxylic acids is 2. The number of rotatable bonds is 3. The lowest BCUT2D eigenvalue weighted by Gasteiger charge is -2.40. The lowest BCUT2D eigenvalue weighted by molar-refractivity contribution is -0.243. The molecule has 0 radical (unpaired) electrons. The third-order valence-corrected chi connectivity index (χ3v) is 5.97. The largest absolute Gasteiger partial charge is 0.422 e. The molecule has 1 saturated carbocycles. The quantitative estimate of drug-likeness (QED) is 0.609. The molecule has 0 unspecified atom stereocenters. The van der Waals surface area contributed by atoms with Crippen LogP contribution < -0.4 is 0 Å². The minimum Gasteiger partial charge on any atom is -0.422 e. The molecule has 1 saturated heterocycles. The second kappa shape index (κ2) is 6.75. The Hall–Kier alpha value is -1.56. The molecule has 2 atom stereocenters. The van der Waals surface area contributed by atoms with Gasteiger partial charge in [0.2, 0.25) is 0 Å². The molecule has 1 heterocycles. The number of carbonyl (C=O) groups is 2. The number of ether oxygens (including phenoxy) is 2. The molecule has 24 heavy (non-hydrogen) atoms. The summed E-state index contributed by atoms with van der Waals surface area (Å²) in [6.07, 6.45) is 3.52. The van der Waals surface area contributed by atoms with Crippen molar-refractivity contribution in [3.8, 4) is 0 Å². The normalized spacial score (nSPS) is 27.5. The fraction of sp³-hybridized carbons (Fsp3) is 0.556. The van der Waals surface area contributed by atoms with E-state index < -0.39 is 23.6 Å². The predicted octanol–water partition coefficient (Wildman–Crippen LogP) is 3.93. The third-order valence-electron chi connectivity index (χ3n) is 4.50. The predicted molar refractivity (Wildman–Crippen MR) is 87.8 cm³/mol. The summed E-state index contributed by atoms with van der Waals surface area (Å²) in [6, 6.07) is 6.59. The van der Waals surface area contributed by atoms with Gasteiger partial charge in [-0.25, -0.2) is 4.39 Å². The maximum atomic E-state index is 14.0. The van der Waals surface area contributed by atoms with Crippen molar-refractivity contribution in [1.82, 2.24) is 0 Å². The van der Waals surface area contributed by atoms with Crippen molar-refractivity contribution < 1.29 is 23.5 Å². The highest BCUT2D eigenvalue weighted by Crippen LogP contribution is 2.43. The van der Waals surface area contributed by atoms with Crippen LogP contribution in [-0.2, 0) is 19.1 Å². The lowest BCUT2D eigenvalue weighted by atomic mass is 9.79. The molecule has 0 spiro atoms. The van der Waals surface area contributed by atoms with Crippen LogP contribution in [0, 0.1) is 17.7 Å². The molecule has 1 aliphatic carbocycles. The highest BCUT2D eigenvalue weighted by atomic mass is 32.2. The van der Waals surface area contributed by atoms with E-state index in [0.29, 0.717) is 4.90 Å². The average Bonchev–Trinajstić information content (AvgIpc) is 2.49. The zero-order valence-corrected chi connectivity index (χ0v) is 14.6. The molecule has 1 aliphatic heterocycles. The maximum absolute atomic E-state index is 14.0. The maximum Gasteiger partial charge on any atom is 0.323 e. The van der Waals surface area contributed by atoms with E-state index in [1.54, 1.807) is 32.0 Å². The van der Waals surface area contributed by atoms with Crippen molar-refractivity contribution >= 4 is 23.7 Å². The first kappa shape index (κ1) is 17.3. The smallest absolute Gasteiger partial charge is 0.323 e. The Kier molecular flexibility index (Phi) is 4.85. The molecule has 2 fully saturated rings. The van der Waals surface area contributed by atoms with Gasteiger partial charge in [-0.3, -0.25) is 9.59 Å². The number of hydrogen-bond acceptors (Lipinski definition) is 5. The molecule has 0 amide bonds. The molecule has 2 aliphatic rings. The van der Waals surface area contributed by atoms with Gasteiger partial charge in [0.05, 0.1) is 0 Å². The van der Waals surface area contributed by atoms with Gasteiger partial charge >= 0.3 is 11.9 Å². The molecular weight excluding hydrogens is 331 g/mol. The Morgan fingerprint density at radius 1 is 1.08 bits per heavy atom. The molecule has 0 N–H and O–H groups in total. The van der Waals surface area contributed by atoms with E-state index in [1.165, 1.54) is 17.8 Å². The highest BCUT2D eigenvalue weighted by Gasteiger charge is 2.49. The van der Waals surface area contributed by atoms with Crippen molar-refractivity contribution in [2.75, 3.05) is 0 Å². The third kappa shape index (κ3) is 3.58. The van der Waals surface area contributed by atoms with Crippen LogP contribution in [0.25, 0.3) is 0 Å². The Labute approximate surface area is 145 Å². The van der Waals surface area contributed by atoms with Crippen molar-refractivity contribution in [1.29, 1.82) is 0 Å². The summed E-state index contributed by atoms with van der Waals surface area (Å²) in [6.45, 7) is 3.09. The highest BCUT2D eigenvalue weighted by molar-refractivity contribution is 8.00. The number of hydrogen-bond donors (Lipinski definition) is 0. The molecular formula is C18H21FO4S. The van der Waals surface area contributed by atoms with E-state index >= 15 is 0 Å². The zero-order chi connectivity index (χ0) is 17.3. The summed E-state index contributed by atoms with van der Waals surface area (Å²) in [7, 11) is 0. The number of benzene rings is 1.